The van der Waals surface area contributed by atoms with Crippen LogP contribution in [0.15, 0.2) is 31.0 Å². The number of aliphatic hydroxyl groups is 1. The Morgan fingerprint density at radius 1 is 1.19 bits per heavy atom. The molecule has 3 aromatic rings. The summed E-state index contributed by atoms with van der Waals surface area (Å²) in [7, 11) is 1.57. The number of hydrogen-bond donors (Lipinski definition) is 1. The van der Waals surface area contributed by atoms with Gasteiger partial charge in [0.1, 0.15) is 11.8 Å². The number of ether oxygens (including phenoxy) is 1. The summed E-state index contributed by atoms with van der Waals surface area (Å²) in [5, 5.41) is 19.3. The molecular formula is C14H17N5O2. The van der Waals surface area contributed by atoms with Crippen molar-refractivity contribution in [2.24, 2.45) is 0 Å². The SMILES string of the molecule is COc1cnn(C(C)C)c1C(O)c1cnn2ccncc12. The van der Waals surface area contributed by atoms with Crippen LogP contribution in [0.25, 0.3) is 5.52 Å². The zero-order valence-electron chi connectivity index (χ0n) is 12.1. The summed E-state index contributed by atoms with van der Waals surface area (Å²) in [4.78, 5) is 4.08. The predicted octanol–water partition coefficient (Wildman–Crippen LogP) is 1.60. The van der Waals surface area contributed by atoms with E-state index in [-0.39, 0.29) is 6.04 Å². The summed E-state index contributed by atoms with van der Waals surface area (Å²) in [6.07, 6.45) is 7.43. The number of aliphatic hydroxyl groups excluding tert-OH is 1. The van der Waals surface area contributed by atoms with E-state index < -0.39 is 6.10 Å². The average Bonchev–Trinajstić information content (AvgIpc) is 3.10. The number of fused-ring (bicyclic) bond motifs is 1. The number of methoxy groups -OCH3 is 1. The lowest BCUT2D eigenvalue weighted by molar-refractivity contribution is 0.201. The molecule has 21 heavy (non-hydrogen) atoms. The van der Waals surface area contributed by atoms with Gasteiger partial charge in [-0.2, -0.15) is 10.2 Å². The maximum Gasteiger partial charge on any atom is 0.163 e. The minimum Gasteiger partial charge on any atom is -0.493 e. The highest BCUT2D eigenvalue weighted by Gasteiger charge is 2.25. The zero-order valence-corrected chi connectivity index (χ0v) is 12.1. The summed E-state index contributed by atoms with van der Waals surface area (Å²) < 4.78 is 8.75. The Morgan fingerprint density at radius 3 is 2.71 bits per heavy atom. The van der Waals surface area contributed by atoms with Crippen LogP contribution < -0.4 is 4.74 Å². The first-order valence-electron chi connectivity index (χ1n) is 6.70. The Kier molecular flexibility index (Phi) is 3.34. The molecule has 7 heteroatoms. The third kappa shape index (κ3) is 2.15. The van der Waals surface area contributed by atoms with Crippen LogP contribution in [0.1, 0.15) is 37.3 Å². The Morgan fingerprint density at radius 2 is 2.00 bits per heavy atom. The molecule has 1 unspecified atom stereocenters. The van der Waals surface area contributed by atoms with Gasteiger partial charge in [0.2, 0.25) is 0 Å². The molecule has 3 heterocycles. The lowest BCUT2D eigenvalue weighted by Crippen LogP contribution is -2.13. The van der Waals surface area contributed by atoms with Crippen LogP contribution in [0.2, 0.25) is 0 Å². The van der Waals surface area contributed by atoms with Crippen LogP contribution in [-0.2, 0) is 0 Å². The molecular weight excluding hydrogens is 270 g/mol. The second kappa shape index (κ2) is 5.17. The van der Waals surface area contributed by atoms with Gasteiger partial charge in [-0.1, -0.05) is 0 Å². The van der Waals surface area contributed by atoms with Crippen molar-refractivity contribution >= 4 is 5.52 Å². The maximum atomic E-state index is 10.8. The van der Waals surface area contributed by atoms with Gasteiger partial charge >= 0.3 is 0 Å². The van der Waals surface area contributed by atoms with Crippen LogP contribution in [0, 0.1) is 0 Å². The Balaban J connectivity index is 2.14. The van der Waals surface area contributed by atoms with Gasteiger partial charge in [-0.15, -0.1) is 0 Å². The number of rotatable bonds is 4. The highest BCUT2D eigenvalue weighted by atomic mass is 16.5. The van der Waals surface area contributed by atoms with E-state index in [1.165, 1.54) is 0 Å². The van der Waals surface area contributed by atoms with E-state index in [2.05, 4.69) is 15.2 Å². The third-order valence-corrected chi connectivity index (χ3v) is 3.42. The standard InChI is InChI=1S/C14H17N5O2/c1-9(2)19-13(12(21-3)8-17-19)14(20)10-6-16-18-5-4-15-7-11(10)18/h4-9,14,20H,1-3H3. The number of hydrogen-bond acceptors (Lipinski definition) is 5. The third-order valence-electron chi connectivity index (χ3n) is 3.42. The highest BCUT2D eigenvalue weighted by Crippen LogP contribution is 2.33. The summed E-state index contributed by atoms with van der Waals surface area (Å²) >= 11 is 0. The first-order chi connectivity index (χ1) is 10.1. The molecule has 0 bridgehead atoms. The lowest BCUT2D eigenvalue weighted by atomic mass is 10.1. The average molecular weight is 287 g/mol. The molecule has 7 nitrogen and oxygen atoms in total. The van der Waals surface area contributed by atoms with Crippen molar-refractivity contribution in [1.29, 1.82) is 0 Å². The van der Waals surface area contributed by atoms with Crippen LogP contribution in [-0.4, -0.2) is 36.6 Å². The Bertz CT molecular complexity index is 762. The molecule has 0 spiro atoms. The number of nitrogens with zero attached hydrogens (tertiary/aromatic N) is 5. The van der Waals surface area contributed by atoms with E-state index in [0.29, 0.717) is 17.0 Å². The van der Waals surface area contributed by atoms with Crippen molar-refractivity contribution in [3.63, 3.8) is 0 Å². The Hall–Kier alpha value is -2.41. The Labute approximate surface area is 121 Å². The van der Waals surface area contributed by atoms with Gasteiger partial charge in [0.15, 0.2) is 5.75 Å². The van der Waals surface area contributed by atoms with Crippen molar-refractivity contribution in [3.05, 3.63) is 42.2 Å². The van der Waals surface area contributed by atoms with Gasteiger partial charge < -0.3 is 9.84 Å². The van der Waals surface area contributed by atoms with Gasteiger partial charge in [0.25, 0.3) is 0 Å². The maximum absolute atomic E-state index is 10.8. The molecule has 1 atom stereocenters. The fraction of sp³-hybridized carbons (Fsp3) is 0.357. The second-order valence-corrected chi connectivity index (χ2v) is 5.05. The normalized spacial score (nSPS) is 13.0. The first kappa shape index (κ1) is 13.6. The van der Waals surface area contributed by atoms with Crippen molar-refractivity contribution in [3.8, 4) is 5.75 Å². The molecule has 0 saturated heterocycles. The quantitative estimate of drug-likeness (QED) is 0.788. The van der Waals surface area contributed by atoms with Gasteiger partial charge in [-0.3, -0.25) is 9.67 Å². The summed E-state index contributed by atoms with van der Waals surface area (Å²) in [6, 6.07) is 0.110. The summed E-state index contributed by atoms with van der Waals surface area (Å²) in [5.41, 5.74) is 2.04. The first-order valence-corrected chi connectivity index (χ1v) is 6.70. The van der Waals surface area contributed by atoms with Crippen molar-refractivity contribution in [2.75, 3.05) is 7.11 Å². The molecule has 0 radical (unpaired) electrons. The molecule has 0 amide bonds. The zero-order chi connectivity index (χ0) is 15.0. The predicted molar refractivity (Wildman–Crippen MR) is 76.2 cm³/mol. The molecule has 0 aliphatic heterocycles. The smallest absolute Gasteiger partial charge is 0.163 e. The number of aromatic nitrogens is 5. The fourth-order valence-electron chi connectivity index (χ4n) is 2.40. The van der Waals surface area contributed by atoms with E-state index in [1.54, 1.807) is 47.3 Å². The molecule has 110 valence electrons. The van der Waals surface area contributed by atoms with Gasteiger partial charge in [0, 0.05) is 24.0 Å². The van der Waals surface area contributed by atoms with E-state index in [0.717, 1.165) is 5.52 Å². The van der Waals surface area contributed by atoms with Crippen molar-refractivity contribution in [1.82, 2.24) is 24.4 Å². The van der Waals surface area contributed by atoms with Gasteiger partial charge in [-0.25, -0.2) is 4.52 Å². The van der Waals surface area contributed by atoms with Crippen LogP contribution in [0.5, 0.6) is 5.75 Å². The molecule has 0 aliphatic carbocycles. The largest absolute Gasteiger partial charge is 0.493 e. The van der Waals surface area contributed by atoms with E-state index in [9.17, 15) is 5.11 Å². The van der Waals surface area contributed by atoms with E-state index >= 15 is 0 Å². The van der Waals surface area contributed by atoms with Crippen molar-refractivity contribution < 1.29 is 9.84 Å². The van der Waals surface area contributed by atoms with E-state index in [1.807, 2.05) is 13.8 Å². The van der Waals surface area contributed by atoms with Crippen LogP contribution in [0.3, 0.4) is 0 Å². The van der Waals surface area contributed by atoms with Crippen molar-refractivity contribution in [2.45, 2.75) is 26.0 Å². The topological polar surface area (TPSA) is 77.5 Å². The van der Waals surface area contributed by atoms with Gasteiger partial charge in [-0.05, 0) is 13.8 Å². The van der Waals surface area contributed by atoms with Crippen LogP contribution in [0.4, 0.5) is 0 Å². The van der Waals surface area contributed by atoms with Gasteiger partial charge in [0.05, 0.1) is 31.2 Å². The highest BCUT2D eigenvalue weighted by molar-refractivity contribution is 5.55. The molecule has 0 saturated carbocycles. The second-order valence-electron chi connectivity index (χ2n) is 5.05. The van der Waals surface area contributed by atoms with E-state index in [4.69, 9.17) is 4.74 Å². The minimum atomic E-state index is -0.883. The fourth-order valence-corrected chi connectivity index (χ4v) is 2.40. The van der Waals surface area contributed by atoms with Crippen LogP contribution >= 0.6 is 0 Å². The molecule has 0 fully saturated rings. The monoisotopic (exact) mass is 287 g/mol. The molecule has 1 N–H and O–H groups in total. The summed E-state index contributed by atoms with van der Waals surface area (Å²) in [5.74, 6) is 0.555. The minimum absolute atomic E-state index is 0.110. The molecule has 3 aromatic heterocycles. The summed E-state index contributed by atoms with van der Waals surface area (Å²) in [6.45, 7) is 4.00. The molecule has 3 rings (SSSR count). The molecule has 0 aliphatic rings. The molecule has 0 aromatic carbocycles. The lowest BCUT2D eigenvalue weighted by Gasteiger charge is -2.16.